The van der Waals surface area contributed by atoms with Crippen molar-refractivity contribution in [3.05, 3.63) is 72.8 Å². The third-order valence-electron chi connectivity index (χ3n) is 3.26. The maximum Gasteiger partial charge on any atom is 0.241 e. The highest BCUT2D eigenvalue weighted by molar-refractivity contribution is 7.98. The van der Waals surface area contributed by atoms with E-state index in [2.05, 4.69) is 11.3 Å². The van der Waals surface area contributed by atoms with E-state index in [0.717, 1.165) is 10.5 Å². The van der Waals surface area contributed by atoms with E-state index in [0.29, 0.717) is 6.42 Å². The highest BCUT2D eigenvalue weighted by atomic mass is 32.2. The van der Waals surface area contributed by atoms with Crippen LogP contribution in [0.2, 0.25) is 0 Å². The minimum atomic E-state index is -3.55. The van der Waals surface area contributed by atoms with Gasteiger partial charge in [-0.05, 0) is 42.5 Å². The molecule has 0 spiro atoms. The minimum Gasteiger partial charge on any atom is -0.207 e. The molecule has 0 saturated heterocycles. The first-order valence-electron chi connectivity index (χ1n) is 6.88. The molecule has 0 aliphatic carbocycles. The summed E-state index contributed by atoms with van der Waals surface area (Å²) in [6, 6.07) is 16.3. The lowest BCUT2D eigenvalue weighted by Gasteiger charge is -2.15. The second-order valence-corrected chi connectivity index (χ2v) is 7.42. The Morgan fingerprint density at radius 1 is 1.14 bits per heavy atom. The maximum atomic E-state index is 12.4. The van der Waals surface area contributed by atoms with Gasteiger partial charge in [0.25, 0.3) is 0 Å². The van der Waals surface area contributed by atoms with Crippen LogP contribution in [0.25, 0.3) is 0 Å². The number of sulfonamides is 1. The topological polar surface area (TPSA) is 46.2 Å². The van der Waals surface area contributed by atoms with Crippen molar-refractivity contribution in [2.75, 3.05) is 6.26 Å². The summed E-state index contributed by atoms with van der Waals surface area (Å²) in [5.41, 5.74) is 1.06. The number of nitrogens with one attached hydrogen (secondary N) is 1. The average molecular weight is 333 g/mol. The molecule has 3 nitrogen and oxygen atoms in total. The number of thioether (sulfide) groups is 1. The van der Waals surface area contributed by atoms with E-state index in [9.17, 15) is 8.42 Å². The summed E-state index contributed by atoms with van der Waals surface area (Å²) < 4.78 is 27.5. The van der Waals surface area contributed by atoms with E-state index in [1.807, 2.05) is 36.6 Å². The lowest BCUT2D eigenvalue weighted by Crippen LogP contribution is -2.34. The molecule has 0 aliphatic heterocycles. The second kappa shape index (κ2) is 7.63. The molecule has 22 heavy (non-hydrogen) atoms. The van der Waals surface area contributed by atoms with Crippen LogP contribution in [-0.2, 0) is 16.4 Å². The lowest BCUT2D eigenvalue weighted by molar-refractivity contribution is 0.570. The molecular weight excluding hydrogens is 314 g/mol. The zero-order chi connectivity index (χ0) is 16.0. The lowest BCUT2D eigenvalue weighted by atomic mass is 10.1. The quantitative estimate of drug-likeness (QED) is 0.623. The standard InChI is InChI=1S/C17H19NO2S2/c1-3-15(13-14-7-5-4-6-8-14)18-22(19,20)17-11-9-16(21-2)10-12-17/h3-12,15,18H,1,13H2,2H3. The third-order valence-corrected chi connectivity index (χ3v) is 5.51. The molecular formula is C17H19NO2S2. The van der Waals surface area contributed by atoms with E-state index < -0.39 is 10.0 Å². The van der Waals surface area contributed by atoms with Gasteiger partial charge in [0, 0.05) is 10.9 Å². The van der Waals surface area contributed by atoms with Crippen molar-refractivity contribution in [2.45, 2.75) is 22.3 Å². The highest BCUT2D eigenvalue weighted by Gasteiger charge is 2.18. The first kappa shape index (κ1) is 16.8. The van der Waals surface area contributed by atoms with Crippen LogP contribution in [0.4, 0.5) is 0 Å². The van der Waals surface area contributed by atoms with E-state index >= 15 is 0 Å². The Morgan fingerprint density at radius 3 is 2.32 bits per heavy atom. The Hall–Kier alpha value is -1.56. The Bertz CT molecular complexity index is 710. The first-order chi connectivity index (χ1) is 10.5. The van der Waals surface area contributed by atoms with Crippen molar-refractivity contribution in [1.82, 2.24) is 4.72 Å². The van der Waals surface area contributed by atoms with Gasteiger partial charge in [0.05, 0.1) is 4.90 Å². The molecule has 2 aromatic rings. The molecule has 0 aromatic heterocycles. The van der Waals surface area contributed by atoms with E-state index in [4.69, 9.17) is 0 Å². The van der Waals surface area contributed by atoms with Crippen LogP contribution >= 0.6 is 11.8 Å². The average Bonchev–Trinajstić information content (AvgIpc) is 2.55. The molecule has 0 aliphatic rings. The van der Waals surface area contributed by atoms with Gasteiger partial charge >= 0.3 is 0 Å². The van der Waals surface area contributed by atoms with Crippen molar-refractivity contribution in [2.24, 2.45) is 0 Å². The second-order valence-electron chi connectivity index (χ2n) is 4.83. The van der Waals surface area contributed by atoms with Gasteiger partial charge in [0.1, 0.15) is 0 Å². The maximum absolute atomic E-state index is 12.4. The fourth-order valence-corrected chi connectivity index (χ4v) is 3.68. The monoisotopic (exact) mass is 333 g/mol. The van der Waals surface area contributed by atoms with Crippen molar-refractivity contribution < 1.29 is 8.42 Å². The summed E-state index contributed by atoms with van der Waals surface area (Å²) >= 11 is 1.58. The summed E-state index contributed by atoms with van der Waals surface area (Å²) in [6.07, 6.45) is 4.16. The first-order valence-corrected chi connectivity index (χ1v) is 9.59. The fraction of sp³-hybridized carbons (Fsp3) is 0.176. The van der Waals surface area contributed by atoms with E-state index in [1.54, 1.807) is 42.1 Å². The molecule has 5 heteroatoms. The molecule has 0 fully saturated rings. The molecule has 2 aromatic carbocycles. The van der Waals surface area contributed by atoms with Gasteiger partial charge in [-0.1, -0.05) is 36.4 Å². The van der Waals surface area contributed by atoms with Gasteiger partial charge in [0.15, 0.2) is 0 Å². The smallest absolute Gasteiger partial charge is 0.207 e. The van der Waals surface area contributed by atoms with Crippen LogP contribution in [0.3, 0.4) is 0 Å². The summed E-state index contributed by atoms with van der Waals surface area (Å²) in [7, 11) is -3.55. The number of benzene rings is 2. The molecule has 1 N–H and O–H groups in total. The zero-order valence-electron chi connectivity index (χ0n) is 12.4. The van der Waals surface area contributed by atoms with Gasteiger partial charge in [-0.2, -0.15) is 0 Å². The van der Waals surface area contributed by atoms with Crippen molar-refractivity contribution in [3.63, 3.8) is 0 Å². The number of rotatable bonds is 7. The predicted molar refractivity (Wildman–Crippen MR) is 92.7 cm³/mol. The normalized spacial score (nSPS) is 12.8. The van der Waals surface area contributed by atoms with Gasteiger partial charge < -0.3 is 0 Å². The zero-order valence-corrected chi connectivity index (χ0v) is 14.0. The SMILES string of the molecule is C=CC(Cc1ccccc1)NS(=O)(=O)c1ccc(SC)cc1. The van der Waals surface area contributed by atoms with Crippen molar-refractivity contribution in [3.8, 4) is 0 Å². The van der Waals surface area contributed by atoms with Gasteiger partial charge in [0.2, 0.25) is 10.0 Å². The van der Waals surface area contributed by atoms with Crippen LogP contribution in [0.1, 0.15) is 5.56 Å². The van der Waals surface area contributed by atoms with Crippen LogP contribution in [0, 0.1) is 0 Å². The molecule has 0 heterocycles. The Kier molecular flexibility index (Phi) is 5.83. The van der Waals surface area contributed by atoms with Crippen LogP contribution in [0.15, 0.2) is 77.0 Å². The van der Waals surface area contributed by atoms with Crippen LogP contribution in [0.5, 0.6) is 0 Å². The highest BCUT2D eigenvalue weighted by Crippen LogP contribution is 2.18. The van der Waals surface area contributed by atoms with Crippen molar-refractivity contribution in [1.29, 1.82) is 0 Å². The van der Waals surface area contributed by atoms with Crippen LogP contribution in [-0.4, -0.2) is 20.7 Å². The molecule has 0 bridgehead atoms. The van der Waals surface area contributed by atoms with Crippen molar-refractivity contribution >= 4 is 21.8 Å². The molecule has 0 saturated carbocycles. The Labute approximate surface area is 136 Å². The van der Waals surface area contributed by atoms with Gasteiger partial charge in [-0.25, -0.2) is 13.1 Å². The number of hydrogen-bond donors (Lipinski definition) is 1. The summed E-state index contributed by atoms with van der Waals surface area (Å²) in [5, 5.41) is 0. The summed E-state index contributed by atoms with van der Waals surface area (Å²) in [5.74, 6) is 0. The molecule has 1 atom stereocenters. The van der Waals surface area contributed by atoms with Crippen LogP contribution < -0.4 is 4.72 Å². The van der Waals surface area contributed by atoms with E-state index in [-0.39, 0.29) is 10.9 Å². The largest absolute Gasteiger partial charge is 0.241 e. The molecule has 1 unspecified atom stereocenters. The number of hydrogen-bond acceptors (Lipinski definition) is 3. The minimum absolute atomic E-state index is 0.269. The van der Waals surface area contributed by atoms with Gasteiger partial charge in [-0.3, -0.25) is 0 Å². The molecule has 0 amide bonds. The van der Waals surface area contributed by atoms with E-state index in [1.165, 1.54) is 0 Å². The molecule has 0 radical (unpaired) electrons. The molecule has 2 rings (SSSR count). The Balaban J connectivity index is 2.13. The third kappa shape index (κ3) is 4.47. The fourth-order valence-electron chi connectivity index (χ4n) is 2.06. The predicted octanol–water partition coefficient (Wildman–Crippen LogP) is 3.48. The Morgan fingerprint density at radius 2 is 1.77 bits per heavy atom. The summed E-state index contributed by atoms with van der Waals surface area (Å²) in [6.45, 7) is 3.73. The summed E-state index contributed by atoms with van der Waals surface area (Å²) in [4.78, 5) is 1.30. The molecule has 116 valence electrons. The van der Waals surface area contributed by atoms with Gasteiger partial charge in [-0.15, -0.1) is 18.3 Å².